The van der Waals surface area contributed by atoms with Crippen molar-refractivity contribution in [1.29, 1.82) is 0 Å². The summed E-state index contributed by atoms with van der Waals surface area (Å²) in [7, 11) is 0. The van der Waals surface area contributed by atoms with Crippen LogP contribution in [0.3, 0.4) is 0 Å². The van der Waals surface area contributed by atoms with Gasteiger partial charge in [-0.15, -0.1) is 0 Å². The van der Waals surface area contributed by atoms with E-state index in [-0.39, 0.29) is 5.92 Å². The molecule has 0 radical (unpaired) electrons. The zero-order chi connectivity index (χ0) is 15.9. The van der Waals surface area contributed by atoms with E-state index in [4.69, 9.17) is 4.74 Å². The monoisotopic (exact) mass is 299 g/mol. The molecule has 0 atom stereocenters. The first-order chi connectivity index (χ1) is 10.6. The van der Waals surface area contributed by atoms with Crippen molar-refractivity contribution in [1.82, 2.24) is 9.97 Å². The molecule has 118 valence electrons. The zero-order valence-electron chi connectivity index (χ0n) is 13.9. The van der Waals surface area contributed by atoms with Crippen molar-refractivity contribution in [3.05, 3.63) is 47.3 Å². The highest BCUT2D eigenvalue weighted by atomic mass is 16.5. The van der Waals surface area contributed by atoms with Crippen LogP contribution in [0.1, 0.15) is 50.1 Å². The summed E-state index contributed by atoms with van der Waals surface area (Å²) in [5.74, 6) is 2.53. The van der Waals surface area contributed by atoms with Crippen LogP contribution in [0, 0.1) is 6.92 Å². The molecule has 0 bridgehead atoms. The van der Waals surface area contributed by atoms with Crippen molar-refractivity contribution < 1.29 is 4.74 Å². The molecule has 0 saturated heterocycles. The average molecular weight is 299 g/mol. The lowest BCUT2D eigenvalue weighted by atomic mass is 10.1. The quantitative estimate of drug-likeness (QED) is 0.827. The standard InChI is InChI=1S/C18H25N3O/c1-5-10-22-17-11-16(20-18(21-17)13(2)3)19-12-15-8-6-14(4)7-9-15/h6-9,11,13H,5,10,12H2,1-4H3,(H,19,20,21). The molecular formula is C18H25N3O. The van der Waals surface area contributed by atoms with Crippen LogP contribution in [-0.2, 0) is 6.54 Å². The van der Waals surface area contributed by atoms with Gasteiger partial charge in [0.1, 0.15) is 11.6 Å². The molecule has 0 spiro atoms. The number of nitrogens with zero attached hydrogens (tertiary/aromatic N) is 2. The van der Waals surface area contributed by atoms with Crippen LogP contribution in [-0.4, -0.2) is 16.6 Å². The number of anilines is 1. The van der Waals surface area contributed by atoms with Gasteiger partial charge < -0.3 is 10.1 Å². The van der Waals surface area contributed by atoms with Gasteiger partial charge in [-0.2, -0.15) is 4.98 Å². The second kappa shape index (κ2) is 7.78. The molecule has 0 aliphatic rings. The number of rotatable bonds is 7. The number of benzene rings is 1. The Bertz CT molecular complexity index is 594. The van der Waals surface area contributed by atoms with E-state index in [1.54, 1.807) is 0 Å². The zero-order valence-corrected chi connectivity index (χ0v) is 13.9. The van der Waals surface area contributed by atoms with E-state index in [9.17, 15) is 0 Å². The van der Waals surface area contributed by atoms with Crippen molar-refractivity contribution in [3.63, 3.8) is 0 Å². The number of ether oxygens (including phenoxy) is 1. The van der Waals surface area contributed by atoms with Gasteiger partial charge in [0.15, 0.2) is 0 Å². The predicted octanol–water partition coefficient (Wildman–Crippen LogP) is 4.31. The second-order valence-corrected chi connectivity index (χ2v) is 5.79. The van der Waals surface area contributed by atoms with Gasteiger partial charge >= 0.3 is 0 Å². The Morgan fingerprint density at radius 3 is 2.50 bits per heavy atom. The molecule has 0 amide bonds. The van der Waals surface area contributed by atoms with Crippen LogP contribution in [0.4, 0.5) is 5.82 Å². The average Bonchev–Trinajstić information content (AvgIpc) is 2.52. The molecule has 0 saturated carbocycles. The molecule has 0 unspecified atom stereocenters. The van der Waals surface area contributed by atoms with E-state index in [0.717, 1.165) is 24.6 Å². The number of aromatic nitrogens is 2. The van der Waals surface area contributed by atoms with Crippen LogP contribution < -0.4 is 10.1 Å². The summed E-state index contributed by atoms with van der Waals surface area (Å²) in [5.41, 5.74) is 2.49. The lowest BCUT2D eigenvalue weighted by Gasteiger charge is -2.12. The highest BCUT2D eigenvalue weighted by Crippen LogP contribution is 2.19. The summed E-state index contributed by atoms with van der Waals surface area (Å²) in [6.45, 7) is 9.76. The molecule has 2 aromatic rings. The fraction of sp³-hybridized carbons (Fsp3) is 0.444. The van der Waals surface area contributed by atoms with E-state index in [0.29, 0.717) is 12.5 Å². The van der Waals surface area contributed by atoms with Gasteiger partial charge in [-0.3, -0.25) is 0 Å². The van der Waals surface area contributed by atoms with Crippen molar-refractivity contribution in [3.8, 4) is 5.88 Å². The van der Waals surface area contributed by atoms with E-state index in [1.165, 1.54) is 11.1 Å². The Morgan fingerprint density at radius 1 is 1.14 bits per heavy atom. The molecule has 4 nitrogen and oxygen atoms in total. The molecular weight excluding hydrogens is 274 g/mol. The molecule has 1 N–H and O–H groups in total. The molecule has 1 aromatic heterocycles. The smallest absolute Gasteiger partial charge is 0.218 e. The first-order valence-electron chi connectivity index (χ1n) is 7.89. The molecule has 1 heterocycles. The van der Waals surface area contributed by atoms with Gasteiger partial charge in [0, 0.05) is 18.5 Å². The Labute approximate surface area is 133 Å². The Balaban J connectivity index is 2.11. The van der Waals surface area contributed by atoms with Crippen LogP contribution in [0.15, 0.2) is 30.3 Å². The molecule has 4 heteroatoms. The SMILES string of the molecule is CCCOc1cc(NCc2ccc(C)cc2)nc(C(C)C)n1. The summed E-state index contributed by atoms with van der Waals surface area (Å²) in [4.78, 5) is 9.04. The third-order valence-electron chi connectivity index (χ3n) is 3.28. The van der Waals surface area contributed by atoms with Gasteiger partial charge in [0.2, 0.25) is 5.88 Å². The maximum Gasteiger partial charge on any atom is 0.218 e. The number of nitrogens with one attached hydrogen (secondary N) is 1. The minimum absolute atomic E-state index is 0.269. The van der Waals surface area contributed by atoms with Gasteiger partial charge in [0.25, 0.3) is 0 Å². The third-order valence-corrected chi connectivity index (χ3v) is 3.28. The highest BCUT2D eigenvalue weighted by molar-refractivity contribution is 5.40. The fourth-order valence-corrected chi connectivity index (χ4v) is 1.97. The fourth-order valence-electron chi connectivity index (χ4n) is 1.97. The van der Waals surface area contributed by atoms with Gasteiger partial charge in [0.05, 0.1) is 6.61 Å². The van der Waals surface area contributed by atoms with E-state index < -0.39 is 0 Å². The highest BCUT2D eigenvalue weighted by Gasteiger charge is 2.09. The van der Waals surface area contributed by atoms with Crippen molar-refractivity contribution in [2.24, 2.45) is 0 Å². The molecule has 0 aliphatic heterocycles. The first-order valence-corrected chi connectivity index (χ1v) is 7.89. The topological polar surface area (TPSA) is 47.0 Å². The lowest BCUT2D eigenvalue weighted by Crippen LogP contribution is -2.08. The van der Waals surface area contributed by atoms with Crippen LogP contribution >= 0.6 is 0 Å². The van der Waals surface area contributed by atoms with Crippen LogP contribution in [0.2, 0.25) is 0 Å². The molecule has 22 heavy (non-hydrogen) atoms. The summed E-state index contributed by atoms with van der Waals surface area (Å²) in [6.07, 6.45) is 0.965. The number of hydrogen-bond donors (Lipinski definition) is 1. The molecule has 0 fully saturated rings. The number of aryl methyl sites for hydroxylation is 1. The van der Waals surface area contributed by atoms with Crippen LogP contribution in [0.5, 0.6) is 5.88 Å². The number of hydrogen-bond acceptors (Lipinski definition) is 4. The van der Waals surface area contributed by atoms with Gasteiger partial charge in [-0.05, 0) is 18.9 Å². The van der Waals surface area contributed by atoms with Crippen LogP contribution in [0.25, 0.3) is 0 Å². The second-order valence-electron chi connectivity index (χ2n) is 5.79. The minimum Gasteiger partial charge on any atom is -0.478 e. The van der Waals surface area contributed by atoms with Crippen molar-refractivity contribution in [2.75, 3.05) is 11.9 Å². The summed E-state index contributed by atoms with van der Waals surface area (Å²) in [5, 5.41) is 3.36. The Morgan fingerprint density at radius 2 is 1.86 bits per heavy atom. The first kappa shape index (κ1) is 16.3. The molecule has 2 rings (SSSR count). The van der Waals surface area contributed by atoms with E-state index in [1.807, 2.05) is 6.07 Å². The summed E-state index contributed by atoms with van der Waals surface area (Å²) in [6, 6.07) is 10.4. The van der Waals surface area contributed by atoms with Gasteiger partial charge in [-0.1, -0.05) is 50.6 Å². The predicted molar refractivity (Wildman–Crippen MR) is 90.4 cm³/mol. The largest absolute Gasteiger partial charge is 0.478 e. The summed E-state index contributed by atoms with van der Waals surface area (Å²) >= 11 is 0. The maximum absolute atomic E-state index is 5.66. The van der Waals surface area contributed by atoms with E-state index >= 15 is 0 Å². The summed E-state index contributed by atoms with van der Waals surface area (Å²) < 4.78 is 5.66. The maximum atomic E-state index is 5.66. The Kier molecular flexibility index (Phi) is 5.75. The third kappa shape index (κ3) is 4.72. The van der Waals surface area contributed by atoms with Crippen molar-refractivity contribution in [2.45, 2.75) is 46.6 Å². The normalized spacial score (nSPS) is 10.8. The Hall–Kier alpha value is -2.10. The van der Waals surface area contributed by atoms with Crippen molar-refractivity contribution >= 4 is 5.82 Å². The minimum atomic E-state index is 0.269. The van der Waals surface area contributed by atoms with Gasteiger partial charge in [-0.25, -0.2) is 4.98 Å². The lowest BCUT2D eigenvalue weighted by molar-refractivity contribution is 0.303. The molecule has 1 aromatic carbocycles. The molecule has 0 aliphatic carbocycles. The van der Waals surface area contributed by atoms with E-state index in [2.05, 4.69) is 67.2 Å².